The maximum absolute atomic E-state index is 12.2. The normalized spacial score (nSPS) is 19.0. The molecule has 0 aromatic heterocycles. The number of benzene rings is 1. The Kier molecular flexibility index (Phi) is 5.03. The van der Waals surface area contributed by atoms with Crippen LogP contribution in [0.2, 0.25) is 0 Å². The first-order valence-electron chi connectivity index (χ1n) is 8.59. The summed E-state index contributed by atoms with van der Waals surface area (Å²) in [6.45, 7) is 4.07. The Morgan fingerprint density at radius 3 is 2.35 bits per heavy atom. The van der Waals surface area contributed by atoms with Gasteiger partial charge < -0.3 is 10.2 Å². The lowest BCUT2D eigenvalue weighted by Crippen LogP contribution is -2.54. The first-order valence-corrected chi connectivity index (χ1v) is 8.59. The number of nitrogens with zero attached hydrogens (tertiary/aromatic N) is 4. The highest BCUT2D eigenvalue weighted by Gasteiger charge is 2.31. The van der Waals surface area contributed by atoms with Crippen molar-refractivity contribution in [3.63, 3.8) is 0 Å². The van der Waals surface area contributed by atoms with Crippen LogP contribution in [0.3, 0.4) is 0 Å². The molecule has 10 heteroatoms. The van der Waals surface area contributed by atoms with Gasteiger partial charge in [0.1, 0.15) is 5.69 Å². The van der Waals surface area contributed by atoms with Crippen molar-refractivity contribution in [2.24, 2.45) is 0 Å². The SMILES string of the molecule is CC(C(=O)NC1CC1)N1CCN(c2ccc([N+](=O)[O-])cc2[N+](=O)[O-])CC1. The van der Waals surface area contributed by atoms with Crippen LogP contribution in [0.25, 0.3) is 0 Å². The van der Waals surface area contributed by atoms with Gasteiger partial charge in [0.15, 0.2) is 0 Å². The van der Waals surface area contributed by atoms with Gasteiger partial charge in [0.05, 0.1) is 22.0 Å². The molecule has 3 rings (SSSR count). The van der Waals surface area contributed by atoms with Crippen LogP contribution in [0.5, 0.6) is 0 Å². The van der Waals surface area contributed by atoms with Gasteiger partial charge in [-0.25, -0.2) is 0 Å². The van der Waals surface area contributed by atoms with Gasteiger partial charge in [-0.3, -0.25) is 29.9 Å². The Bertz CT molecular complexity index is 728. The van der Waals surface area contributed by atoms with Crippen LogP contribution in [-0.4, -0.2) is 58.9 Å². The predicted molar refractivity (Wildman–Crippen MR) is 94.2 cm³/mol. The summed E-state index contributed by atoms with van der Waals surface area (Å²) in [6, 6.07) is 3.77. The molecular formula is C16H21N5O5. The lowest BCUT2D eigenvalue weighted by molar-refractivity contribution is -0.393. The third-order valence-electron chi connectivity index (χ3n) is 4.87. The van der Waals surface area contributed by atoms with Crippen molar-refractivity contribution in [1.29, 1.82) is 0 Å². The number of rotatable bonds is 6. The molecule has 1 heterocycles. The Labute approximate surface area is 150 Å². The van der Waals surface area contributed by atoms with E-state index in [1.54, 1.807) is 0 Å². The van der Waals surface area contributed by atoms with Gasteiger partial charge in [-0.2, -0.15) is 0 Å². The summed E-state index contributed by atoms with van der Waals surface area (Å²) in [6.07, 6.45) is 2.08. The van der Waals surface area contributed by atoms with E-state index in [9.17, 15) is 25.0 Å². The van der Waals surface area contributed by atoms with E-state index in [-0.39, 0.29) is 23.3 Å². The highest BCUT2D eigenvalue weighted by molar-refractivity contribution is 5.82. The standard InChI is InChI=1S/C16H21N5O5/c1-11(16(22)17-12-2-3-12)18-6-8-19(9-7-18)14-5-4-13(20(23)24)10-15(14)21(25)26/h4-5,10-12H,2-3,6-9H2,1H3,(H,17,22). The number of anilines is 1. The molecule has 2 aliphatic rings. The number of nitro benzene ring substituents is 2. The lowest BCUT2D eigenvalue weighted by Gasteiger charge is -2.38. The number of carbonyl (C=O) groups excluding carboxylic acids is 1. The number of hydrogen-bond donors (Lipinski definition) is 1. The molecule has 1 aliphatic carbocycles. The summed E-state index contributed by atoms with van der Waals surface area (Å²) >= 11 is 0. The zero-order valence-corrected chi connectivity index (χ0v) is 14.5. The minimum atomic E-state index is -0.644. The first kappa shape index (κ1) is 18.1. The molecule has 1 unspecified atom stereocenters. The minimum Gasteiger partial charge on any atom is -0.363 e. The molecule has 1 aromatic carbocycles. The summed E-state index contributed by atoms with van der Waals surface area (Å²) < 4.78 is 0. The van der Waals surface area contributed by atoms with Crippen LogP contribution in [-0.2, 0) is 4.79 Å². The predicted octanol–water partition coefficient (Wildman–Crippen LogP) is 1.29. The average Bonchev–Trinajstić information content (AvgIpc) is 3.44. The molecule has 1 saturated heterocycles. The zero-order valence-electron chi connectivity index (χ0n) is 14.5. The van der Waals surface area contributed by atoms with Gasteiger partial charge in [-0.1, -0.05) is 0 Å². The van der Waals surface area contributed by atoms with Gasteiger partial charge in [-0.05, 0) is 25.8 Å². The maximum Gasteiger partial charge on any atom is 0.299 e. The van der Waals surface area contributed by atoms with E-state index in [0.717, 1.165) is 18.9 Å². The number of nitrogens with one attached hydrogen (secondary N) is 1. The van der Waals surface area contributed by atoms with Crippen molar-refractivity contribution in [1.82, 2.24) is 10.2 Å². The second-order valence-corrected chi connectivity index (χ2v) is 6.67. The van der Waals surface area contributed by atoms with Gasteiger partial charge in [-0.15, -0.1) is 0 Å². The largest absolute Gasteiger partial charge is 0.363 e. The third kappa shape index (κ3) is 3.90. The molecule has 1 aromatic rings. The van der Waals surface area contributed by atoms with Crippen LogP contribution < -0.4 is 10.2 Å². The van der Waals surface area contributed by atoms with Crippen LogP contribution in [0.15, 0.2) is 18.2 Å². The fourth-order valence-corrected chi connectivity index (χ4v) is 3.10. The van der Waals surface area contributed by atoms with E-state index in [0.29, 0.717) is 37.9 Å². The van der Waals surface area contributed by atoms with Crippen LogP contribution in [0.4, 0.5) is 17.1 Å². The summed E-state index contributed by atoms with van der Waals surface area (Å²) in [5.41, 5.74) is -0.202. The Balaban J connectivity index is 1.66. The summed E-state index contributed by atoms with van der Waals surface area (Å²) in [5.74, 6) is 0.0160. The molecule has 1 N–H and O–H groups in total. The molecular weight excluding hydrogens is 342 g/mol. The highest BCUT2D eigenvalue weighted by Crippen LogP contribution is 2.32. The van der Waals surface area contributed by atoms with Crippen molar-refractivity contribution in [2.75, 3.05) is 31.1 Å². The van der Waals surface area contributed by atoms with Crippen LogP contribution in [0.1, 0.15) is 19.8 Å². The number of piperazine rings is 1. The molecule has 140 valence electrons. The lowest BCUT2D eigenvalue weighted by atomic mass is 10.1. The quantitative estimate of drug-likeness (QED) is 0.597. The molecule has 1 atom stereocenters. The molecule has 26 heavy (non-hydrogen) atoms. The second kappa shape index (κ2) is 7.24. The first-order chi connectivity index (χ1) is 12.4. The molecule has 0 spiro atoms. The van der Waals surface area contributed by atoms with Gasteiger partial charge in [0.2, 0.25) is 5.91 Å². The van der Waals surface area contributed by atoms with Gasteiger partial charge >= 0.3 is 0 Å². The molecule has 1 saturated carbocycles. The van der Waals surface area contributed by atoms with E-state index in [4.69, 9.17) is 0 Å². The van der Waals surface area contributed by atoms with Crippen molar-refractivity contribution in [3.05, 3.63) is 38.4 Å². The number of carbonyl (C=O) groups is 1. The number of amides is 1. The van der Waals surface area contributed by atoms with Crippen molar-refractivity contribution in [3.8, 4) is 0 Å². The molecule has 10 nitrogen and oxygen atoms in total. The van der Waals surface area contributed by atoms with Crippen LogP contribution >= 0.6 is 0 Å². The molecule has 1 amide bonds. The number of hydrogen-bond acceptors (Lipinski definition) is 7. The fourth-order valence-electron chi connectivity index (χ4n) is 3.10. The average molecular weight is 363 g/mol. The smallest absolute Gasteiger partial charge is 0.299 e. The van der Waals surface area contributed by atoms with E-state index in [1.807, 2.05) is 16.7 Å². The maximum atomic E-state index is 12.2. The Morgan fingerprint density at radius 1 is 1.15 bits per heavy atom. The zero-order chi connectivity index (χ0) is 18.8. The topological polar surface area (TPSA) is 122 Å². The van der Waals surface area contributed by atoms with E-state index >= 15 is 0 Å². The second-order valence-electron chi connectivity index (χ2n) is 6.67. The van der Waals surface area contributed by atoms with E-state index in [2.05, 4.69) is 5.32 Å². The van der Waals surface area contributed by atoms with Crippen molar-refractivity contribution < 1.29 is 14.6 Å². The Morgan fingerprint density at radius 2 is 1.81 bits per heavy atom. The number of nitro groups is 2. The minimum absolute atomic E-state index is 0.0160. The van der Waals surface area contributed by atoms with E-state index in [1.165, 1.54) is 12.1 Å². The molecule has 0 bridgehead atoms. The summed E-state index contributed by atoms with van der Waals surface area (Å²) in [4.78, 5) is 37.0. The monoisotopic (exact) mass is 363 g/mol. The van der Waals surface area contributed by atoms with Crippen LogP contribution in [0, 0.1) is 20.2 Å². The highest BCUT2D eigenvalue weighted by atomic mass is 16.6. The van der Waals surface area contributed by atoms with Crippen molar-refractivity contribution in [2.45, 2.75) is 31.8 Å². The van der Waals surface area contributed by atoms with Crippen molar-refractivity contribution >= 4 is 23.0 Å². The van der Waals surface area contributed by atoms with E-state index < -0.39 is 9.85 Å². The van der Waals surface area contributed by atoms with Gasteiger partial charge in [0.25, 0.3) is 11.4 Å². The van der Waals surface area contributed by atoms with Gasteiger partial charge in [0, 0.05) is 38.3 Å². The molecule has 1 aliphatic heterocycles. The summed E-state index contributed by atoms with van der Waals surface area (Å²) in [7, 11) is 0. The fraction of sp³-hybridized carbons (Fsp3) is 0.562. The molecule has 2 fully saturated rings. The number of non-ortho nitro benzene ring substituents is 1. The third-order valence-corrected chi connectivity index (χ3v) is 4.87. The molecule has 0 radical (unpaired) electrons. The summed E-state index contributed by atoms with van der Waals surface area (Å²) in [5, 5.41) is 25.1. The Hall–Kier alpha value is -2.75.